The fourth-order valence-corrected chi connectivity index (χ4v) is 2.11. The average Bonchev–Trinajstić information content (AvgIpc) is 2.07. The van der Waals surface area contributed by atoms with E-state index in [2.05, 4.69) is 0 Å². The Morgan fingerprint density at radius 1 is 1.47 bits per heavy atom. The van der Waals surface area contributed by atoms with Gasteiger partial charge >= 0.3 is 0 Å². The lowest BCUT2D eigenvalue weighted by molar-refractivity contribution is 0.0115. The lowest BCUT2D eigenvalue weighted by Crippen LogP contribution is -2.34. The molecule has 0 aliphatic carbocycles. The Bertz CT molecular complexity index is 399. The van der Waals surface area contributed by atoms with E-state index in [0.29, 0.717) is 11.4 Å². The van der Waals surface area contributed by atoms with E-state index >= 15 is 0 Å². The number of hydrogen-bond acceptors (Lipinski definition) is 2. The molecule has 0 amide bonds. The molecule has 0 radical (unpaired) electrons. The molecule has 82 valence electrons. The molecule has 0 spiro atoms. The monoisotopic (exact) mass is 226 g/mol. The van der Waals surface area contributed by atoms with Gasteiger partial charge in [0, 0.05) is 17.0 Å². The second-order valence-electron chi connectivity index (χ2n) is 4.72. The predicted molar refractivity (Wildman–Crippen MR) is 60.5 cm³/mol. The van der Waals surface area contributed by atoms with Crippen molar-refractivity contribution in [1.29, 1.82) is 0 Å². The Hall–Kier alpha value is -0.730. The zero-order valence-corrected chi connectivity index (χ0v) is 9.93. The topological polar surface area (TPSA) is 29.5 Å². The smallest absolute Gasteiger partial charge is 0.126 e. The van der Waals surface area contributed by atoms with Crippen LogP contribution in [0.2, 0.25) is 5.02 Å². The molecular weight excluding hydrogens is 212 g/mol. The molecule has 0 aromatic heterocycles. The summed E-state index contributed by atoms with van der Waals surface area (Å²) in [5.41, 5.74) is 1.46. The lowest BCUT2D eigenvalue weighted by Gasteiger charge is -2.35. The molecule has 3 heteroatoms. The average molecular weight is 227 g/mol. The van der Waals surface area contributed by atoms with Crippen LogP contribution in [-0.4, -0.2) is 10.7 Å². The zero-order valence-electron chi connectivity index (χ0n) is 9.17. The maximum atomic E-state index is 9.97. The van der Waals surface area contributed by atoms with Gasteiger partial charge in [-0.3, -0.25) is 0 Å². The standard InChI is InChI=1S/C12H15ClO2/c1-7-4-11-8(5-9(7)13)10(14)6-12(2,3)15-11/h4-5,10,14H,6H2,1-3H3. The summed E-state index contributed by atoms with van der Waals surface area (Å²) in [6, 6.07) is 3.69. The van der Waals surface area contributed by atoms with E-state index in [0.717, 1.165) is 16.9 Å². The van der Waals surface area contributed by atoms with Crippen molar-refractivity contribution in [2.45, 2.75) is 38.9 Å². The van der Waals surface area contributed by atoms with Gasteiger partial charge in [0.25, 0.3) is 0 Å². The minimum absolute atomic E-state index is 0.313. The van der Waals surface area contributed by atoms with Gasteiger partial charge in [0.2, 0.25) is 0 Å². The van der Waals surface area contributed by atoms with Crippen molar-refractivity contribution in [1.82, 2.24) is 0 Å². The minimum atomic E-state index is -0.484. The Morgan fingerprint density at radius 2 is 2.13 bits per heavy atom. The van der Waals surface area contributed by atoms with Crippen molar-refractivity contribution in [2.75, 3.05) is 0 Å². The van der Waals surface area contributed by atoms with E-state index in [9.17, 15) is 5.11 Å². The molecule has 0 bridgehead atoms. The maximum absolute atomic E-state index is 9.97. The van der Waals surface area contributed by atoms with Crippen molar-refractivity contribution in [3.05, 3.63) is 28.3 Å². The second kappa shape index (κ2) is 3.39. The van der Waals surface area contributed by atoms with E-state index in [1.807, 2.05) is 26.8 Å². The van der Waals surface area contributed by atoms with Crippen molar-refractivity contribution in [3.8, 4) is 5.75 Å². The summed E-state index contributed by atoms with van der Waals surface area (Å²) in [7, 11) is 0. The summed E-state index contributed by atoms with van der Waals surface area (Å²) in [6.45, 7) is 5.88. The fraction of sp³-hybridized carbons (Fsp3) is 0.500. The quantitative estimate of drug-likeness (QED) is 0.736. The van der Waals surface area contributed by atoms with E-state index in [-0.39, 0.29) is 5.60 Å². The Kier molecular flexibility index (Phi) is 2.44. The molecule has 1 N–H and O–H groups in total. The molecule has 15 heavy (non-hydrogen) atoms. The first-order chi connectivity index (χ1) is 6.89. The highest BCUT2D eigenvalue weighted by Gasteiger charge is 2.32. The van der Waals surface area contributed by atoms with Gasteiger partial charge in [-0.15, -0.1) is 0 Å². The highest BCUT2D eigenvalue weighted by Crippen LogP contribution is 2.41. The molecule has 2 rings (SSSR count). The first kappa shape index (κ1) is 10.8. The van der Waals surface area contributed by atoms with E-state index in [1.165, 1.54) is 0 Å². The van der Waals surface area contributed by atoms with Gasteiger partial charge in [-0.25, -0.2) is 0 Å². The van der Waals surface area contributed by atoms with Gasteiger partial charge in [0.1, 0.15) is 11.4 Å². The second-order valence-corrected chi connectivity index (χ2v) is 5.13. The largest absolute Gasteiger partial charge is 0.487 e. The Morgan fingerprint density at radius 3 is 2.80 bits per heavy atom. The van der Waals surface area contributed by atoms with Crippen LogP contribution in [0.5, 0.6) is 5.75 Å². The summed E-state index contributed by atoms with van der Waals surface area (Å²) in [5, 5.41) is 10.7. The van der Waals surface area contributed by atoms with E-state index < -0.39 is 6.10 Å². The molecule has 1 heterocycles. The molecule has 1 atom stereocenters. The van der Waals surface area contributed by atoms with Gasteiger partial charge < -0.3 is 9.84 Å². The normalized spacial score (nSPS) is 23.1. The van der Waals surface area contributed by atoms with Crippen LogP contribution in [0.25, 0.3) is 0 Å². The summed E-state index contributed by atoms with van der Waals surface area (Å²) >= 11 is 6.02. The highest BCUT2D eigenvalue weighted by atomic mass is 35.5. The number of aryl methyl sites for hydroxylation is 1. The number of halogens is 1. The number of benzene rings is 1. The third-order valence-electron chi connectivity index (χ3n) is 2.72. The zero-order chi connectivity index (χ0) is 11.2. The molecular formula is C12H15ClO2. The predicted octanol–water partition coefficient (Wildman–Crippen LogP) is 3.24. The van der Waals surface area contributed by atoms with Crippen molar-refractivity contribution in [3.63, 3.8) is 0 Å². The minimum Gasteiger partial charge on any atom is -0.487 e. The summed E-state index contributed by atoms with van der Waals surface area (Å²) in [4.78, 5) is 0. The number of aliphatic hydroxyl groups excluding tert-OH is 1. The van der Waals surface area contributed by atoms with Gasteiger partial charge in [-0.2, -0.15) is 0 Å². The van der Waals surface area contributed by atoms with E-state index in [4.69, 9.17) is 16.3 Å². The highest BCUT2D eigenvalue weighted by molar-refractivity contribution is 6.31. The first-order valence-corrected chi connectivity index (χ1v) is 5.44. The number of hydrogen-bond donors (Lipinski definition) is 1. The van der Waals surface area contributed by atoms with Crippen molar-refractivity contribution >= 4 is 11.6 Å². The summed E-state index contributed by atoms with van der Waals surface area (Å²) in [6.07, 6.45) is 0.112. The van der Waals surface area contributed by atoms with Gasteiger partial charge in [0.15, 0.2) is 0 Å². The molecule has 0 saturated heterocycles. The van der Waals surface area contributed by atoms with Crippen molar-refractivity contribution in [2.24, 2.45) is 0 Å². The molecule has 1 aliphatic heterocycles. The molecule has 1 aromatic carbocycles. The number of rotatable bonds is 0. The summed E-state index contributed by atoms with van der Waals surface area (Å²) < 4.78 is 5.81. The first-order valence-electron chi connectivity index (χ1n) is 5.06. The number of fused-ring (bicyclic) bond motifs is 1. The van der Waals surface area contributed by atoms with Crippen LogP contribution < -0.4 is 4.74 Å². The van der Waals surface area contributed by atoms with Crippen molar-refractivity contribution < 1.29 is 9.84 Å². The molecule has 0 fully saturated rings. The molecule has 1 unspecified atom stereocenters. The summed E-state index contributed by atoms with van der Waals surface area (Å²) in [5.74, 6) is 0.751. The molecule has 2 nitrogen and oxygen atoms in total. The lowest BCUT2D eigenvalue weighted by atomic mass is 9.91. The van der Waals surface area contributed by atoms with Crippen LogP contribution in [0.4, 0.5) is 0 Å². The molecule has 1 aromatic rings. The Labute approximate surface area is 94.8 Å². The van der Waals surface area contributed by atoms with Gasteiger partial charge in [-0.1, -0.05) is 11.6 Å². The maximum Gasteiger partial charge on any atom is 0.126 e. The van der Waals surface area contributed by atoms with Crippen LogP contribution >= 0.6 is 11.6 Å². The third kappa shape index (κ3) is 1.97. The Balaban J connectivity index is 2.51. The fourth-order valence-electron chi connectivity index (χ4n) is 1.93. The van der Waals surface area contributed by atoms with Crippen LogP contribution in [0, 0.1) is 6.92 Å². The SMILES string of the molecule is Cc1cc2c(cc1Cl)C(O)CC(C)(C)O2. The molecule has 0 saturated carbocycles. The number of aliphatic hydroxyl groups is 1. The number of ether oxygens (including phenoxy) is 1. The molecule has 1 aliphatic rings. The van der Waals surface area contributed by atoms with Gasteiger partial charge in [0.05, 0.1) is 6.10 Å². The van der Waals surface area contributed by atoms with Crippen LogP contribution in [0.15, 0.2) is 12.1 Å². The van der Waals surface area contributed by atoms with Crippen LogP contribution in [-0.2, 0) is 0 Å². The van der Waals surface area contributed by atoms with Crippen LogP contribution in [0.3, 0.4) is 0 Å². The third-order valence-corrected chi connectivity index (χ3v) is 3.13. The van der Waals surface area contributed by atoms with Gasteiger partial charge in [-0.05, 0) is 38.5 Å². The van der Waals surface area contributed by atoms with E-state index in [1.54, 1.807) is 6.07 Å². The van der Waals surface area contributed by atoms with Crippen LogP contribution in [0.1, 0.15) is 37.5 Å².